The Morgan fingerprint density at radius 2 is 2.13 bits per heavy atom. The Bertz CT molecular complexity index is 320. The maximum absolute atomic E-state index is 6.10. The molecule has 0 radical (unpaired) electrons. The normalized spacial score (nSPS) is 18.5. The van der Waals surface area contributed by atoms with Gasteiger partial charge >= 0.3 is 0 Å². The van der Waals surface area contributed by atoms with E-state index in [-0.39, 0.29) is 6.04 Å². The number of methoxy groups -OCH3 is 1. The molecule has 0 spiro atoms. The molecular formula is C13H19NO. The van der Waals surface area contributed by atoms with Gasteiger partial charge in [0.15, 0.2) is 0 Å². The molecule has 1 saturated carbocycles. The van der Waals surface area contributed by atoms with Crippen LogP contribution in [0.5, 0.6) is 0 Å². The van der Waals surface area contributed by atoms with Crippen molar-refractivity contribution in [3.05, 3.63) is 35.4 Å². The molecule has 1 aromatic carbocycles. The standard InChI is InChI=1S/C13H19NO/c1-15-9-13(14)12-8-3-2-7-11(12)10-5-4-6-10/h2-3,7-8,10,13H,4-6,9,14H2,1H3. The molecule has 0 aliphatic heterocycles. The van der Waals surface area contributed by atoms with Crippen LogP contribution >= 0.6 is 0 Å². The van der Waals surface area contributed by atoms with Crippen LogP contribution in [0.2, 0.25) is 0 Å². The van der Waals surface area contributed by atoms with E-state index in [1.807, 2.05) is 0 Å². The van der Waals surface area contributed by atoms with E-state index in [2.05, 4.69) is 24.3 Å². The Labute approximate surface area is 91.4 Å². The molecule has 2 heteroatoms. The van der Waals surface area contributed by atoms with Gasteiger partial charge in [-0.2, -0.15) is 0 Å². The van der Waals surface area contributed by atoms with Gasteiger partial charge in [0, 0.05) is 7.11 Å². The van der Waals surface area contributed by atoms with Crippen LogP contribution in [-0.2, 0) is 4.74 Å². The second-order valence-corrected chi connectivity index (χ2v) is 4.32. The first-order valence-corrected chi connectivity index (χ1v) is 5.66. The third-order valence-electron chi connectivity index (χ3n) is 3.29. The quantitative estimate of drug-likeness (QED) is 0.820. The fourth-order valence-electron chi connectivity index (χ4n) is 2.21. The molecule has 1 aliphatic carbocycles. The molecule has 2 nitrogen and oxygen atoms in total. The number of nitrogens with two attached hydrogens (primary N) is 1. The maximum atomic E-state index is 6.10. The van der Waals surface area contributed by atoms with Crippen molar-refractivity contribution in [3.63, 3.8) is 0 Å². The summed E-state index contributed by atoms with van der Waals surface area (Å²) in [4.78, 5) is 0. The largest absolute Gasteiger partial charge is 0.383 e. The Morgan fingerprint density at radius 1 is 1.40 bits per heavy atom. The monoisotopic (exact) mass is 205 g/mol. The molecule has 0 amide bonds. The molecule has 2 N–H and O–H groups in total. The Morgan fingerprint density at radius 3 is 2.73 bits per heavy atom. The number of hydrogen-bond donors (Lipinski definition) is 1. The van der Waals surface area contributed by atoms with E-state index in [0.29, 0.717) is 6.61 Å². The van der Waals surface area contributed by atoms with Crippen molar-refractivity contribution >= 4 is 0 Å². The molecule has 0 bridgehead atoms. The topological polar surface area (TPSA) is 35.2 Å². The van der Waals surface area contributed by atoms with Gasteiger partial charge in [-0.05, 0) is 29.9 Å². The van der Waals surface area contributed by atoms with Crippen LogP contribution in [0.25, 0.3) is 0 Å². The van der Waals surface area contributed by atoms with Crippen molar-refractivity contribution in [2.75, 3.05) is 13.7 Å². The smallest absolute Gasteiger partial charge is 0.0655 e. The number of rotatable bonds is 4. The summed E-state index contributed by atoms with van der Waals surface area (Å²) in [6.07, 6.45) is 3.99. The third-order valence-corrected chi connectivity index (χ3v) is 3.29. The molecule has 1 aromatic rings. The Hall–Kier alpha value is -0.860. The summed E-state index contributed by atoms with van der Waals surface area (Å²) in [6.45, 7) is 0.601. The van der Waals surface area contributed by atoms with Gasteiger partial charge in [0.1, 0.15) is 0 Å². The van der Waals surface area contributed by atoms with Gasteiger partial charge in [0.05, 0.1) is 12.6 Å². The second-order valence-electron chi connectivity index (χ2n) is 4.32. The minimum absolute atomic E-state index is 0.0202. The Balaban J connectivity index is 2.20. The molecule has 82 valence electrons. The number of ether oxygens (including phenoxy) is 1. The van der Waals surface area contributed by atoms with E-state index in [0.717, 1.165) is 5.92 Å². The molecule has 1 unspecified atom stereocenters. The zero-order valence-electron chi connectivity index (χ0n) is 9.28. The van der Waals surface area contributed by atoms with Crippen molar-refractivity contribution in [3.8, 4) is 0 Å². The van der Waals surface area contributed by atoms with Crippen LogP contribution in [0.15, 0.2) is 24.3 Å². The molecule has 1 atom stereocenters. The predicted octanol–water partition coefficient (Wildman–Crippen LogP) is 2.60. The Kier molecular flexibility index (Phi) is 3.39. The third kappa shape index (κ3) is 2.21. The lowest BCUT2D eigenvalue weighted by Gasteiger charge is -2.29. The first-order valence-electron chi connectivity index (χ1n) is 5.66. The van der Waals surface area contributed by atoms with Crippen molar-refractivity contribution in [2.45, 2.75) is 31.2 Å². The average molecular weight is 205 g/mol. The van der Waals surface area contributed by atoms with Gasteiger partial charge in [-0.15, -0.1) is 0 Å². The van der Waals surface area contributed by atoms with Crippen molar-refractivity contribution in [2.24, 2.45) is 5.73 Å². The molecule has 2 rings (SSSR count). The van der Waals surface area contributed by atoms with Gasteiger partial charge in [-0.25, -0.2) is 0 Å². The average Bonchev–Trinajstić information content (AvgIpc) is 2.16. The molecule has 1 aliphatic rings. The maximum Gasteiger partial charge on any atom is 0.0655 e. The van der Waals surface area contributed by atoms with Crippen molar-refractivity contribution in [1.29, 1.82) is 0 Å². The van der Waals surface area contributed by atoms with Crippen LogP contribution in [0, 0.1) is 0 Å². The first kappa shape index (κ1) is 10.7. The van der Waals surface area contributed by atoms with Crippen molar-refractivity contribution in [1.82, 2.24) is 0 Å². The summed E-state index contributed by atoms with van der Waals surface area (Å²) in [7, 11) is 1.70. The van der Waals surface area contributed by atoms with Crippen LogP contribution in [0.4, 0.5) is 0 Å². The molecule has 0 saturated heterocycles. The fraction of sp³-hybridized carbons (Fsp3) is 0.538. The lowest BCUT2D eigenvalue weighted by molar-refractivity contribution is 0.180. The first-order chi connectivity index (χ1) is 7.33. The summed E-state index contributed by atoms with van der Waals surface area (Å²) in [5.74, 6) is 0.740. The SMILES string of the molecule is COCC(N)c1ccccc1C1CCC1. The van der Waals surface area contributed by atoms with E-state index >= 15 is 0 Å². The van der Waals surface area contributed by atoms with E-state index in [4.69, 9.17) is 10.5 Å². The van der Waals surface area contributed by atoms with E-state index in [1.165, 1.54) is 30.4 Å². The highest BCUT2D eigenvalue weighted by Crippen LogP contribution is 2.39. The van der Waals surface area contributed by atoms with Crippen LogP contribution in [0.3, 0.4) is 0 Å². The molecule has 0 heterocycles. The van der Waals surface area contributed by atoms with Gasteiger partial charge < -0.3 is 10.5 Å². The second kappa shape index (κ2) is 4.77. The lowest BCUT2D eigenvalue weighted by Crippen LogP contribution is -2.20. The highest BCUT2D eigenvalue weighted by Gasteiger charge is 2.23. The van der Waals surface area contributed by atoms with Gasteiger partial charge in [-0.3, -0.25) is 0 Å². The molecule has 15 heavy (non-hydrogen) atoms. The predicted molar refractivity (Wildman–Crippen MR) is 61.8 cm³/mol. The van der Waals surface area contributed by atoms with Crippen LogP contribution < -0.4 is 5.73 Å². The van der Waals surface area contributed by atoms with Crippen LogP contribution in [0.1, 0.15) is 42.3 Å². The van der Waals surface area contributed by atoms with Gasteiger partial charge in [0.25, 0.3) is 0 Å². The summed E-state index contributed by atoms with van der Waals surface area (Å²) < 4.78 is 5.12. The van der Waals surface area contributed by atoms with Crippen molar-refractivity contribution < 1.29 is 4.74 Å². The highest BCUT2D eigenvalue weighted by molar-refractivity contribution is 5.34. The zero-order valence-corrected chi connectivity index (χ0v) is 9.28. The fourth-order valence-corrected chi connectivity index (χ4v) is 2.21. The van der Waals surface area contributed by atoms with E-state index < -0.39 is 0 Å². The van der Waals surface area contributed by atoms with E-state index in [1.54, 1.807) is 7.11 Å². The summed E-state index contributed by atoms with van der Waals surface area (Å²) in [5.41, 5.74) is 8.80. The minimum atomic E-state index is 0.0202. The summed E-state index contributed by atoms with van der Waals surface area (Å²) >= 11 is 0. The summed E-state index contributed by atoms with van der Waals surface area (Å²) in [5, 5.41) is 0. The van der Waals surface area contributed by atoms with Gasteiger partial charge in [0.2, 0.25) is 0 Å². The van der Waals surface area contributed by atoms with Crippen LogP contribution in [-0.4, -0.2) is 13.7 Å². The number of hydrogen-bond acceptors (Lipinski definition) is 2. The highest BCUT2D eigenvalue weighted by atomic mass is 16.5. The number of benzene rings is 1. The molecule has 0 aromatic heterocycles. The molecular weight excluding hydrogens is 186 g/mol. The van der Waals surface area contributed by atoms with E-state index in [9.17, 15) is 0 Å². The lowest BCUT2D eigenvalue weighted by atomic mass is 9.77. The zero-order chi connectivity index (χ0) is 10.7. The minimum Gasteiger partial charge on any atom is -0.383 e. The molecule has 1 fully saturated rings. The summed E-state index contributed by atoms with van der Waals surface area (Å²) in [6, 6.07) is 8.54. The van der Waals surface area contributed by atoms with Gasteiger partial charge in [-0.1, -0.05) is 30.7 Å².